The topological polar surface area (TPSA) is 38.7 Å². The number of aliphatic imine (C=N–C) groups is 1. The van der Waals surface area contributed by atoms with Crippen molar-refractivity contribution in [3.05, 3.63) is 33.3 Å². The molecule has 1 aliphatic rings. The van der Waals surface area contributed by atoms with Gasteiger partial charge in [0.05, 0.1) is 26.7 Å². The second-order valence-corrected chi connectivity index (χ2v) is 6.54. The van der Waals surface area contributed by atoms with Gasteiger partial charge in [0.25, 0.3) is 0 Å². The van der Waals surface area contributed by atoms with Crippen molar-refractivity contribution in [1.29, 1.82) is 0 Å². The zero-order chi connectivity index (χ0) is 14.2. The van der Waals surface area contributed by atoms with Gasteiger partial charge in [-0.25, -0.2) is 9.79 Å². The Morgan fingerprint density at radius 2 is 1.84 bits per heavy atom. The van der Waals surface area contributed by atoms with E-state index in [0.717, 1.165) is 5.75 Å². The number of hydrogen-bond donors (Lipinski definition) is 0. The van der Waals surface area contributed by atoms with Crippen LogP contribution in [0, 0.1) is 0 Å². The Morgan fingerprint density at radius 1 is 1.26 bits per heavy atom. The van der Waals surface area contributed by atoms with E-state index in [1.807, 2.05) is 20.1 Å². The van der Waals surface area contributed by atoms with Crippen LogP contribution in [0.25, 0.3) is 0 Å². The van der Waals surface area contributed by atoms with Crippen LogP contribution >= 0.6 is 35.0 Å². The molecule has 3 nitrogen and oxygen atoms in total. The van der Waals surface area contributed by atoms with Gasteiger partial charge in [-0.1, -0.05) is 23.2 Å². The van der Waals surface area contributed by atoms with Crippen molar-refractivity contribution in [3.63, 3.8) is 0 Å². The summed E-state index contributed by atoms with van der Waals surface area (Å²) in [4.78, 5) is 16.3. The summed E-state index contributed by atoms with van der Waals surface area (Å²) in [7, 11) is 0. The Kier molecular flexibility index (Phi) is 4.14. The van der Waals surface area contributed by atoms with Crippen LogP contribution in [0.5, 0.6) is 0 Å². The summed E-state index contributed by atoms with van der Waals surface area (Å²) >= 11 is 13.6. The van der Waals surface area contributed by atoms with Crippen LogP contribution in [0.1, 0.15) is 29.8 Å². The van der Waals surface area contributed by atoms with Crippen LogP contribution in [-0.2, 0) is 4.74 Å². The van der Waals surface area contributed by atoms with Gasteiger partial charge in [-0.15, -0.1) is 0 Å². The molecule has 1 aromatic carbocycles. The number of esters is 1. The van der Waals surface area contributed by atoms with Crippen molar-refractivity contribution in [3.8, 4) is 0 Å². The molecule has 0 aliphatic carbocycles. The van der Waals surface area contributed by atoms with Gasteiger partial charge in [0.1, 0.15) is 0 Å². The Morgan fingerprint density at radius 3 is 2.42 bits per heavy atom. The molecule has 0 saturated heterocycles. The molecule has 0 N–H and O–H groups in total. The van der Waals surface area contributed by atoms with Crippen molar-refractivity contribution >= 4 is 46.8 Å². The summed E-state index contributed by atoms with van der Waals surface area (Å²) in [6.45, 7) is 3.97. The molecule has 0 unspecified atom stereocenters. The first-order valence-electron chi connectivity index (χ1n) is 5.64. The largest absolute Gasteiger partial charge is 0.404 e. The van der Waals surface area contributed by atoms with Crippen molar-refractivity contribution in [2.75, 3.05) is 12.0 Å². The van der Waals surface area contributed by atoms with Gasteiger partial charge in [0, 0.05) is 5.75 Å². The first-order chi connectivity index (χ1) is 8.84. The van der Waals surface area contributed by atoms with Crippen molar-refractivity contribution in [2.24, 2.45) is 4.99 Å². The highest BCUT2D eigenvalue weighted by atomic mass is 35.5. The molecule has 0 atom stereocenters. The summed E-state index contributed by atoms with van der Waals surface area (Å²) in [5, 5.41) is 0.719. The number of carbonyl (C=O) groups excluding carboxylic acids is 1. The van der Waals surface area contributed by atoms with Gasteiger partial charge in [-0.05, 0) is 32.2 Å². The minimum atomic E-state index is -0.438. The van der Waals surface area contributed by atoms with Gasteiger partial charge in [-0.3, -0.25) is 0 Å². The predicted octanol–water partition coefficient (Wildman–Crippen LogP) is 4.05. The van der Waals surface area contributed by atoms with Crippen molar-refractivity contribution < 1.29 is 9.53 Å². The third-order valence-electron chi connectivity index (χ3n) is 2.60. The van der Waals surface area contributed by atoms with E-state index >= 15 is 0 Å². The molecule has 1 heterocycles. The first-order valence-corrected chi connectivity index (χ1v) is 7.79. The fourth-order valence-electron chi connectivity index (χ4n) is 1.83. The lowest BCUT2D eigenvalue weighted by Crippen LogP contribution is -2.23. The van der Waals surface area contributed by atoms with Gasteiger partial charge >= 0.3 is 5.97 Å². The minimum Gasteiger partial charge on any atom is -0.404 e. The van der Waals surface area contributed by atoms with E-state index in [1.165, 1.54) is 6.07 Å². The lowest BCUT2D eigenvalue weighted by Gasteiger charge is -2.18. The number of rotatable bonds is 3. The molecular weight excluding hydrogens is 305 g/mol. The van der Waals surface area contributed by atoms with Gasteiger partial charge in [0.15, 0.2) is 0 Å². The van der Waals surface area contributed by atoms with Crippen LogP contribution in [0.2, 0.25) is 10.0 Å². The molecule has 0 radical (unpaired) electrons. The molecule has 0 saturated carbocycles. The number of thioether (sulfide) groups is 1. The zero-order valence-electron chi connectivity index (χ0n) is 10.8. The molecule has 0 aromatic heterocycles. The minimum absolute atomic E-state index is 0.317. The highest BCUT2D eigenvalue weighted by Crippen LogP contribution is 2.31. The number of cyclic esters (lactones) is 1. The number of nitrogens with zero attached hydrogens (tertiary/aromatic N) is 1. The molecule has 0 spiro atoms. The molecule has 102 valence electrons. The van der Waals surface area contributed by atoms with E-state index in [-0.39, 0.29) is 5.54 Å². The Balaban J connectivity index is 2.47. The van der Waals surface area contributed by atoms with Crippen molar-refractivity contribution in [2.45, 2.75) is 19.4 Å². The fourth-order valence-corrected chi connectivity index (χ4v) is 2.93. The summed E-state index contributed by atoms with van der Waals surface area (Å²) in [5.41, 5.74) is 0.699. The standard InChI is InChI=1S/C13H13Cl2NO2S/c1-13(2,6-19-3)16-11-7-4-9(14)10(15)5-8(7)12(17)18-11/h4-5H,6H2,1-3H3. The number of halogens is 2. The highest BCUT2D eigenvalue weighted by molar-refractivity contribution is 7.98. The maximum atomic E-state index is 11.8. The third-order valence-corrected chi connectivity index (χ3v) is 4.32. The predicted molar refractivity (Wildman–Crippen MR) is 80.9 cm³/mol. The second-order valence-electron chi connectivity index (χ2n) is 4.86. The molecular formula is C13H13Cl2NO2S. The van der Waals surface area contributed by atoms with E-state index in [2.05, 4.69) is 4.99 Å². The number of hydrogen-bond acceptors (Lipinski definition) is 4. The Hall–Kier alpha value is -0.710. The van der Waals surface area contributed by atoms with Gasteiger partial charge < -0.3 is 4.74 Å². The van der Waals surface area contributed by atoms with Crippen LogP contribution < -0.4 is 0 Å². The average molecular weight is 318 g/mol. The van der Waals surface area contributed by atoms with Crippen molar-refractivity contribution in [1.82, 2.24) is 0 Å². The quantitative estimate of drug-likeness (QED) is 0.789. The van der Waals surface area contributed by atoms with E-state index < -0.39 is 5.97 Å². The van der Waals surface area contributed by atoms with E-state index in [9.17, 15) is 4.79 Å². The normalized spacial score (nSPS) is 16.7. The third kappa shape index (κ3) is 3.07. The van der Waals surface area contributed by atoms with Crippen LogP contribution in [-0.4, -0.2) is 29.4 Å². The summed E-state index contributed by atoms with van der Waals surface area (Å²) in [6.07, 6.45) is 2.01. The number of ether oxygens (including phenoxy) is 1. The summed E-state index contributed by atoms with van der Waals surface area (Å²) < 4.78 is 5.21. The molecule has 0 fully saturated rings. The zero-order valence-corrected chi connectivity index (χ0v) is 13.1. The van der Waals surface area contributed by atoms with E-state index in [1.54, 1.807) is 17.8 Å². The maximum absolute atomic E-state index is 11.8. The summed E-state index contributed by atoms with van der Waals surface area (Å²) in [6, 6.07) is 3.14. The number of fused-ring (bicyclic) bond motifs is 1. The summed E-state index contributed by atoms with van der Waals surface area (Å²) in [5.74, 6) is 0.704. The molecule has 6 heteroatoms. The monoisotopic (exact) mass is 317 g/mol. The highest BCUT2D eigenvalue weighted by Gasteiger charge is 2.31. The molecule has 0 amide bonds. The first kappa shape index (κ1) is 14.7. The average Bonchev–Trinajstić information content (AvgIpc) is 2.56. The second kappa shape index (κ2) is 5.35. The lowest BCUT2D eigenvalue weighted by atomic mass is 10.1. The molecule has 19 heavy (non-hydrogen) atoms. The molecule has 1 aromatic rings. The lowest BCUT2D eigenvalue weighted by molar-refractivity contribution is 0.0736. The number of benzene rings is 1. The smallest absolute Gasteiger partial charge is 0.345 e. The van der Waals surface area contributed by atoms with E-state index in [4.69, 9.17) is 27.9 Å². The SMILES string of the molecule is CSCC(C)(C)N=C1OC(=O)c2cc(Cl)c(Cl)cc21. The van der Waals surface area contributed by atoms with Gasteiger partial charge in [0.2, 0.25) is 5.90 Å². The molecule has 0 bridgehead atoms. The number of carbonyl (C=O) groups is 1. The van der Waals surface area contributed by atoms with Gasteiger partial charge in [-0.2, -0.15) is 11.8 Å². The van der Waals surface area contributed by atoms with Crippen LogP contribution in [0.15, 0.2) is 17.1 Å². The molecule has 1 aliphatic heterocycles. The molecule has 2 rings (SSSR count). The maximum Gasteiger partial charge on any atom is 0.345 e. The fraction of sp³-hybridized carbons (Fsp3) is 0.385. The Labute approximate surface area is 126 Å². The van der Waals surface area contributed by atoms with Crippen LogP contribution in [0.4, 0.5) is 0 Å². The van der Waals surface area contributed by atoms with E-state index in [0.29, 0.717) is 27.1 Å². The van der Waals surface area contributed by atoms with Crippen LogP contribution in [0.3, 0.4) is 0 Å². The Bertz CT molecular complexity index is 570.